The number of nitrogens with zero attached hydrogens (tertiary/aromatic N) is 4. The van der Waals surface area contributed by atoms with Crippen LogP contribution in [-0.2, 0) is 10.8 Å². The molecule has 0 amide bonds. The van der Waals surface area contributed by atoms with Gasteiger partial charge in [0.25, 0.3) is 0 Å². The molecule has 4 heterocycles. The molecular formula is C84H56N4. The van der Waals surface area contributed by atoms with Gasteiger partial charge >= 0.3 is 0 Å². The molecule has 0 N–H and O–H groups in total. The molecule has 0 aliphatic carbocycles. The average Bonchev–Trinajstić information content (AvgIpc) is 1.48. The maximum Gasteiger partial charge on any atom is 0.0742 e. The standard InChI is InChI=1S/C84H56N4/c1-7-27-59(28-8-1)83(60-29-9-2-10-30-60)71-41-21-25-45-77(71)87(81-55-79-69(53-73(81)83)67-39-19-23-43-75(67)85(79)63-35-15-5-16-36-63)65-49-47-58-52-66(50-48-57(58)51-65)88-78-46-26-22-42-72(78)84(61-31-11-3-12-32-61,62-33-13-4-14-34-62)74-54-70-68-40-20-24-44-76(68)86(80(70)56-82(74)88)64-37-17-6-18-38-64/h1-56H. The lowest BCUT2D eigenvalue weighted by molar-refractivity contribution is 0.732. The van der Waals surface area contributed by atoms with Gasteiger partial charge in [0.05, 0.1) is 55.6 Å². The summed E-state index contributed by atoms with van der Waals surface area (Å²) in [6, 6.07) is 127. The van der Waals surface area contributed by atoms with E-state index < -0.39 is 10.8 Å². The van der Waals surface area contributed by atoms with E-state index in [1.165, 1.54) is 77.1 Å². The highest BCUT2D eigenvalue weighted by molar-refractivity contribution is 6.14. The van der Waals surface area contributed by atoms with Gasteiger partial charge in [0.2, 0.25) is 0 Å². The van der Waals surface area contributed by atoms with Crippen LogP contribution in [0.3, 0.4) is 0 Å². The Morgan fingerprint density at radius 2 is 0.511 bits per heavy atom. The number of aromatic nitrogens is 2. The van der Waals surface area contributed by atoms with E-state index in [2.05, 4.69) is 359 Å². The van der Waals surface area contributed by atoms with Crippen molar-refractivity contribution in [3.8, 4) is 11.4 Å². The van der Waals surface area contributed by atoms with Crippen molar-refractivity contribution in [2.75, 3.05) is 9.80 Å². The SMILES string of the molecule is c1ccc(-n2c3ccccc3c3cc4c(cc32)N(c2ccc3cc(N5c6ccccc6C(c6ccccc6)(c6ccccc6)c6cc7c8ccccc8n(-c8ccccc8)c7cc65)ccc3c2)c2ccccc2C4(c2ccccc2)c2ccccc2)cc1. The van der Waals surface area contributed by atoms with E-state index in [1.54, 1.807) is 0 Å². The minimum atomic E-state index is -0.665. The first-order chi connectivity index (χ1) is 43.7. The Bertz CT molecular complexity index is 4960. The molecule has 412 valence electrons. The summed E-state index contributed by atoms with van der Waals surface area (Å²) in [4.78, 5) is 5.07. The summed E-state index contributed by atoms with van der Waals surface area (Å²) < 4.78 is 4.90. The van der Waals surface area contributed by atoms with Gasteiger partial charge in [0.15, 0.2) is 0 Å². The van der Waals surface area contributed by atoms with Gasteiger partial charge in [-0.25, -0.2) is 0 Å². The normalized spacial score (nSPS) is 13.8. The summed E-state index contributed by atoms with van der Waals surface area (Å²) >= 11 is 0. The summed E-state index contributed by atoms with van der Waals surface area (Å²) in [5, 5.41) is 7.17. The maximum atomic E-state index is 2.54. The molecule has 4 heteroatoms. The van der Waals surface area contributed by atoms with Crippen LogP contribution in [0.15, 0.2) is 340 Å². The fourth-order valence-electron chi connectivity index (χ4n) is 15.6. The highest BCUT2D eigenvalue weighted by Gasteiger charge is 2.49. The molecular weight excluding hydrogens is 1060 g/mol. The first-order valence-corrected chi connectivity index (χ1v) is 30.5. The van der Waals surface area contributed by atoms with Crippen LogP contribution in [0.4, 0.5) is 34.1 Å². The lowest BCUT2D eigenvalue weighted by Crippen LogP contribution is -2.37. The number of rotatable bonds is 8. The van der Waals surface area contributed by atoms with Gasteiger partial charge < -0.3 is 18.9 Å². The number of hydrogen-bond donors (Lipinski definition) is 0. The molecule has 0 saturated heterocycles. The molecule has 0 radical (unpaired) electrons. The Labute approximate surface area is 510 Å². The quantitative estimate of drug-likeness (QED) is 0.151. The zero-order valence-electron chi connectivity index (χ0n) is 48.1. The van der Waals surface area contributed by atoms with Gasteiger partial charge in [-0.1, -0.05) is 243 Å². The van der Waals surface area contributed by atoms with E-state index in [9.17, 15) is 0 Å². The monoisotopic (exact) mass is 1120 g/mol. The van der Waals surface area contributed by atoms with Crippen LogP contribution < -0.4 is 9.80 Å². The zero-order valence-corrected chi connectivity index (χ0v) is 48.1. The summed E-state index contributed by atoms with van der Waals surface area (Å²) in [6.07, 6.45) is 0. The summed E-state index contributed by atoms with van der Waals surface area (Å²) in [7, 11) is 0. The van der Waals surface area contributed by atoms with Crippen LogP contribution in [0.2, 0.25) is 0 Å². The molecule has 4 nitrogen and oxygen atoms in total. The lowest BCUT2D eigenvalue weighted by atomic mass is 9.62. The van der Waals surface area contributed by atoms with Crippen molar-refractivity contribution in [2.24, 2.45) is 0 Å². The Hall–Kier alpha value is -11.5. The van der Waals surface area contributed by atoms with Crippen LogP contribution in [0.1, 0.15) is 44.5 Å². The van der Waals surface area contributed by atoms with Gasteiger partial charge in [0.1, 0.15) is 0 Å². The van der Waals surface area contributed by atoms with Crippen LogP contribution in [0.25, 0.3) is 65.8 Å². The van der Waals surface area contributed by atoms with Gasteiger partial charge in [-0.15, -0.1) is 0 Å². The third kappa shape index (κ3) is 7.08. The highest BCUT2D eigenvalue weighted by atomic mass is 15.2. The van der Waals surface area contributed by atoms with E-state index >= 15 is 0 Å². The molecule has 14 aromatic carbocycles. The number of anilines is 6. The number of hydrogen-bond acceptors (Lipinski definition) is 2. The van der Waals surface area contributed by atoms with Gasteiger partial charge in [0, 0.05) is 44.3 Å². The maximum absolute atomic E-state index is 2.54. The number of benzene rings is 14. The molecule has 88 heavy (non-hydrogen) atoms. The van der Waals surface area contributed by atoms with Crippen molar-refractivity contribution in [3.63, 3.8) is 0 Å². The largest absolute Gasteiger partial charge is 0.310 e. The summed E-state index contributed by atoms with van der Waals surface area (Å²) in [5.41, 5.74) is 22.1. The van der Waals surface area contributed by atoms with Crippen molar-refractivity contribution in [1.82, 2.24) is 9.13 Å². The highest BCUT2D eigenvalue weighted by Crippen LogP contribution is 2.61. The summed E-state index contributed by atoms with van der Waals surface area (Å²) in [6.45, 7) is 0. The van der Waals surface area contributed by atoms with Crippen LogP contribution in [0.5, 0.6) is 0 Å². The fraction of sp³-hybridized carbons (Fsp3) is 0.0238. The van der Waals surface area contributed by atoms with Gasteiger partial charge in [-0.3, -0.25) is 0 Å². The lowest BCUT2D eigenvalue weighted by Gasteiger charge is -2.47. The minimum Gasteiger partial charge on any atom is -0.310 e. The second-order valence-corrected chi connectivity index (χ2v) is 23.5. The molecule has 2 aromatic heterocycles. The predicted octanol–water partition coefficient (Wildman–Crippen LogP) is 21.4. The topological polar surface area (TPSA) is 16.3 Å². The third-order valence-electron chi connectivity index (χ3n) is 19.1. The second-order valence-electron chi connectivity index (χ2n) is 23.5. The molecule has 2 aliphatic heterocycles. The zero-order chi connectivity index (χ0) is 57.9. The fourth-order valence-corrected chi connectivity index (χ4v) is 15.6. The first-order valence-electron chi connectivity index (χ1n) is 30.5. The van der Waals surface area contributed by atoms with Crippen LogP contribution >= 0.6 is 0 Å². The average molecular weight is 1120 g/mol. The Balaban J connectivity index is 0.878. The molecule has 0 spiro atoms. The van der Waals surface area contributed by atoms with E-state index in [0.717, 1.165) is 67.3 Å². The Morgan fingerprint density at radius 1 is 0.193 bits per heavy atom. The predicted molar refractivity (Wildman–Crippen MR) is 366 cm³/mol. The molecule has 0 fully saturated rings. The third-order valence-corrected chi connectivity index (χ3v) is 19.1. The van der Waals surface area contributed by atoms with E-state index in [-0.39, 0.29) is 0 Å². The molecule has 16 aromatic rings. The van der Waals surface area contributed by atoms with Crippen molar-refractivity contribution >= 4 is 88.5 Å². The Kier molecular flexibility index (Phi) is 11.1. The molecule has 0 atom stereocenters. The van der Waals surface area contributed by atoms with Gasteiger partial charge in [-0.05, 0) is 152 Å². The van der Waals surface area contributed by atoms with Crippen LogP contribution in [-0.4, -0.2) is 9.13 Å². The van der Waals surface area contributed by atoms with Crippen LogP contribution in [0, 0.1) is 0 Å². The molecule has 0 unspecified atom stereocenters. The van der Waals surface area contributed by atoms with Crippen molar-refractivity contribution in [2.45, 2.75) is 10.8 Å². The molecule has 0 saturated carbocycles. The first kappa shape index (κ1) is 49.9. The van der Waals surface area contributed by atoms with E-state index in [1.807, 2.05) is 0 Å². The number of para-hydroxylation sites is 6. The molecule has 0 bridgehead atoms. The van der Waals surface area contributed by atoms with Gasteiger partial charge in [-0.2, -0.15) is 0 Å². The number of fused-ring (bicyclic) bond motifs is 11. The molecule has 18 rings (SSSR count). The molecule has 2 aliphatic rings. The van der Waals surface area contributed by atoms with E-state index in [4.69, 9.17) is 0 Å². The van der Waals surface area contributed by atoms with Crippen molar-refractivity contribution in [3.05, 3.63) is 384 Å². The van der Waals surface area contributed by atoms with Crippen molar-refractivity contribution < 1.29 is 0 Å². The minimum absolute atomic E-state index is 0.665. The van der Waals surface area contributed by atoms with Crippen molar-refractivity contribution in [1.29, 1.82) is 0 Å². The van der Waals surface area contributed by atoms with E-state index in [0.29, 0.717) is 0 Å². The summed E-state index contributed by atoms with van der Waals surface area (Å²) in [5.74, 6) is 0. The Morgan fingerprint density at radius 3 is 0.886 bits per heavy atom. The second kappa shape index (κ2) is 19.5. The smallest absolute Gasteiger partial charge is 0.0742 e.